The first-order chi connectivity index (χ1) is 19.8. The van der Waals surface area contributed by atoms with Gasteiger partial charge in [-0.05, 0) is 61.8 Å². The molecule has 0 unspecified atom stereocenters. The number of fused-ring (bicyclic) bond motifs is 1. The largest absolute Gasteiger partial charge is 0.493 e. The average molecular weight is 570 g/mol. The van der Waals surface area contributed by atoms with Gasteiger partial charge in [-0.15, -0.1) is 0 Å². The lowest BCUT2D eigenvalue weighted by atomic mass is 10.1. The summed E-state index contributed by atoms with van der Waals surface area (Å²) in [6.07, 6.45) is -0.825. The molecule has 7 nitrogen and oxygen atoms in total. The first-order valence-electron chi connectivity index (χ1n) is 13.6. The van der Waals surface area contributed by atoms with E-state index < -0.39 is 11.7 Å². The maximum atomic E-state index is 14.0. The molecule has 0 atom stereocenters. The van der Waals surface area contributed by atoms with Crippen molar-refractivity contribution >= 4 is 11.0 Å². The quantitative estimate of drug-likeness (QED) is 0.213. The van der Waals surface area contributed by atoms with Gasteiger partial charge >= 0.3 is 6.18 Å². The Labute approximate surface area is 237 Å². The van der Waals surface area contributed by atoms with Crippen LogP contribution in [0.15, 0.2) is 54.6 Å². The Bertz CT molecular complexity index is 1470. The van der Waals surface area contributed by atoms with Gasteiger partial charge in [0, 0.05) is 18.2 Å². The molecule has 1 saturated heterocycles. The lowest BCUT2D eigenvalue weighted by Gasteiger charge is -2.26. The molecule has 0 radical (unpaired) electrons. The number of benzene rings is 3. The second kappa shape index (κ2) is 12.3. The minimum atomic E-state index is -4.50. The molecule has 1 aliphatic heterocycles. The van der Waals surface area contributed by atoms with Crippen molar-refractivity contribution in [3.8, 4) is 34.4 Å². The van der Waals surface area contributed by atoms with Gasteiger partial charge in [-0.25, -0.2) is 4.98 Å². The normalized spacial score (nSPS) is 14.3. The molecule has 41 heavy (non-hydrogen) atoms. The summed E-state index contributed by atoms with van der Waals surface area (Å²) in [6.45, 7) is 3.44. The Hall–Kier alpha value is -3.92. The van der Waals surface area contributed by atoms with Gasteiger partial charge in [0.05, 0.1) is 44.5 Å². The van der Waals surface area contributed by atoms with E-state index in [4.69, 9.17) is 23.9 Å². The SMILES string of the molecule is COc1cc(-c2nc3ccc(OCCN4CCCCC4)cc3n2Cc2ccccc2C(F)(F)F)cc(OC)c1OC. The maximum Gasteiger partial charge on any atom is 0.416 e. The number of nitrogens with zero attached hydrogens (tertiary/aromatic N) is 3. The van der Waals surface area contributed by atoms with Crippen LogP contribution in [0, 0.1) is 0 Å². The molecular formula is C31H34F3N3O4. The van der Waals surface area contributed by atoms with Gasteiger partial charge in [0.1, 0.15) is 18.2 Å². The lowest BCUT2D eigenvalue weighted by molar-refractivity contribution is -0.138. The van der Waals surface area contributed by atoms with E-state index in [1.165, 1.54) is 52.7 Å². The maximum absolute atomic E-state index is 14.0. The van der Waals surface area contributed by atoms with E-state index in [0.29, 0.717) is 52.0 Å². The summed E-state index contributed by atoms with van der Waals surface area (Å²) in [5, 5.41) is 0. The number of aromatic nitrogens is 2. The van der Waals surface area contributed by atoms with E-state index >= 15 is 0 Å². The molecule has 0 amide bonds. The molecule has 1 aromatic heterocycles. The summed E-state index contributed by atoms with van der Waals surface area (Å²) in [7, 11) is 4.53. The molecule has 5 rings (SSSR count). The monoisotopic (exact) mass is 569 g/mol. The van der Waals surface area contributed by atoms with Gasteiger partial charge in [0.15, 0.2) is 11.5 Å². The third kappa shape index (κ3) is 6.22. The number of imidazole rings is 1. The summed E-state index contributed by atoms with van der Waals surface area (Å²) in [5.74, 6) is 2.34. The van der Waals surface area contributed by atoms with Gasteiger partial charge in [0.2, 0.25) is 5.75 Å². The van der Waals surface area contributed by atoms with Crippen LogP contribution in [0.5, 0.6) is 23.0 Å². The van der Waals surface area contributed by atoms with Crippen LogP contribution in [-0.4, -0.2) is 62.0 Å². The highest BCUT2D eigenvalue weighted by molar-refractivity contribution is 5.83. The number of ether oxygens (including phenoxy) is 4. The van der Waals surface area contributed by atoms with Crippen molar-refractivity contribution in [2.24, 2.45) is 0 Å². The molecule has 0 aliphatic carbocycles. The van der Waals surface area contributed by atoms with Crippen LogP contribution < -0.4 is 18.9 Å². The number of rotatable bonds is 10. The molecule has 0 saturated carbocycles. The molecule has 3 aromatic carbocycles. The molecule has 4 aromatic rings. The number of likely N-dealkylation sites (tertiary alicyclic amines) is 1. The van der Waals surface area contributed by atoms with Crippen LogP contribution in [-0.2, 0) is 12.7 Å². The summed E-state index contributed by atoms with van der Waals surface area (Å²) in [6, 6.07) is 14.6. The predicted molar refractivity (Wildman–Crippen MR) is 151 cm³/mol. The van der Waals surface area contributed by atoms with Crippen LogP contribution in [0.2, 0.25) is 0 Å². The Morgan fingerprint density at radius 1 is 0.854 bits per heavy atom. The second-order valence-electron chi connectivity index (χ2n) is 9.99. The van der Waals surface area contributed by atoms with E-state index in [-0.39, 0.29) is 12.1 Å². The first kappa shape index (κ1) is 28.6. The number of methoxy groups -OCH3 is 3. The van der Waals surface area contributed by atoms with Crippen LogP contribution in [0.1, 0.15) is 30.4 Å². The summed E-state index contributed by atoms with van der Waals surface area (Å²) >= 11 is 0. The van der Waals surface area contributed by atoms with Gasteiger partial charge in [0.25, 0.3) is 0 Å². The smallest absolute Gasteiger partial charge is 0.416 e. The fourth-order valence-corrected chi connectivity index (χ4v) is 5.36. The molecule has 10 heteroatoms. The number of alkyl halides is 3. The Balaban J connectivity index is 1.58. The highest BCUT2D eigenvalue weighted by atomic mass is 19.4. The fourth-order valence-electron chi connectivity index (χ4n) is 5.36. The predicted octanol–water partition coefficient (Wildman–Crippen LogP) is 6.66. The molecule has 2 heterocycles. The van der Waals surface area contributed by atoms with E-state index in [9.17, 15) is 13.2 Å². The third-order valence-corrected chi connectivity index (χ3v) is 7.42. The lowest BCUT2D eigenvalue weighted by Crippen LogP contribution is -2.33. The minimum Gasteiger partial charge on any atom is -0.493 e. The molecule has 0 bridgehead atoms. The zero-order valence-corrected chi connectivity index (χ0v) is 23.5. The molecular weight excluding hydrogens is 535 g/mol. The standard InChI is InChI=1S/C31H34F3N3O4/c1-38-27-17-22(18-28(39-2)29(27)40-3)30-35-25-12-11-23(41-16-15-36-13-7-4-8-14-36)19-26(25)37(30)20-21-9-5-6-10-24(21)31(32,33)34/h5-6,9-12,17-19H,4,7-8,13-16,20H2,1-3H3. The Morgan fingerprint density at radius 2 is 1.56 bits per heavy atom. The van der Waals surface area contributed by atoms with Gasteiger partial charge in [-0.3, -0.25) is 4.90 Å². The van der Waals surface area contributed by atoms with Crippen molar-refractivity contribution in [3.63, 3.8) is 0 Å². The van der Waals surface area contributed by atoms with E-state index in [0.717, 1.165) is 25.7 Å². The summed E-state index contributed by atoms with van der Waals surface area (Å²) in [4.78, 5) is 7.23. The molecule has 0 N–H and O–H groups in total. The van der Waals surface area contributed by atoms with Crippen LogP contribution in [0.25, 0.3) is 22.4 Å². The average Bonchev–Trinajstić information content (AvgIpc) is 3.34. The van der Waals surface area contributed by atoms with Crippen LogP contribution in [0.4, 0.5) is 13.2 Å². The van der Waals surface area contributed by atoms with Crippen LogP contribution in [0.3, 0.4) is 0 Å². The van der Waals surface area contributed by atoms with Gasteiger partial charge in [-0.1, -0.05) is 24.6 Å². The van der Waals surface area contributed by atoms with Gasteiger partial charge in [-0.2, -0.15) is 13.2 Å². The summed E-state index contributed by atoms with van der Waals surface area (Å²) in [5.41, 5.74) is 1.33. The third-order valence-electron chi connectivity index (χ3n) is 7.42. The minimum absolute atomic E-state index is 0.0601. The van der Waals surface area contributed by atoms with Crippen molar-refractivity contribution in [2.75, 3.05) is 47.6 Å². The second-order valence-corrected chi connectivity index (χ2v) is 9.99. The Morgan fingerprint density at radius 3 is 2.22 bits per heavy atom. The van der Waals surface area contributed by atoms with Crippen molar-refractivity contribution in [3.05, 3.63) is 65.7 Å². The number of halogens is 3. The molecule has 1 fully saturated rings. The van der Waals surface area contributed by atoms with E-state index in [1.807, 2.05) is 18.2 Å². The molecule has 0 spiro atoms. The van der Waals surface area contributed by atoms with Crippen molar-refractivity contribution in [2.45, 2.75) is 32.0 Å². The topological polar surface area (TPSA) is 58.0 Å². The number of hydrogen-bond donors (Lipinski definition) is 0. The van der Waals surface area contributed by atoms with Crippen molar-refractivity contribution < 1.29 is 32.1 Å². The molecule has 1 aliphatic rings. The summed E-state index contributed by atoms with van der Waals surface area (Å²) < 4.78 is 66.3. The fraction of sp³-hybridized carbons (Fsp3) is 0.387. The first-order valence-corrected chi connectivity index (χ1v) is 13.6. The van der Waals surface area contributed by atoms with Gasteiger partial charge < -0.3 is 23.5 Å². The van der Waals surface area contributed by atoms with Crippen molar-refractivity contribution in [1.29, 1.82) is 0 Å². The van der Waals surface area contributed by atoms with Crippen molar-refractivity contribution in [1.82, 2.24) is 14.5 Å². The number of hydrogen-bond acceptors (Lipinski definition) is 6. The zero-order valence-electron chi connectivity index (χ0n) is 23.5. The highest BCUT2D eigenvalue weighted by Crippen LogP contribution is 2.42. The van der Waals surface area contributed by atoms with E-state index in [2.05, 4.69) is 4.90 Å². The number of piperidine rings is 1. The van der Waals surface area contributed by atoms with Crippen LogP contribution >= 0.6 is 0 Å². The Kier molecular flexibility index (Phi) is 8.58. The highest BCUT2D eigenvalue weighted by Gasteiger charge is 2.33. The zero-order chi connectivity index (χ0) is 29.0. The van der Waals surface area contributed by atoms with E-state index in [1.54, 1.807) is 22.8 Å². The molecule has 218 valence electrons.